The molecule has 0 aliphatic heterocycles. The zero-order chi connectivity index (χ0) is 12.9. The van der Waals surface area contributed by atoms with E-state index in [1.807, 2.05) is 6.07 Å². The second kappa shape index (κ2) is 5.77. The van der Waals surface area contributed by atoms with Crippen molar-refractivity contribution in [3.8, 4) is 6.07 Å². The molecule has 0 aromatic heterocycles. The Labute approximate surface area is 101 Å². The van der Waals surface area contributed by atoms with Gasteiger partial charge in [0.2, 0.25) is 10.0 Å². The van der Waals surface area contributed by atoms with Gasteiger partial charge in [0.05, 0.1) is 10.5 Å². The molecule has 92 valence electrons. The monoisotopic (exact) mass is 254 g/mol. The fourth-order valence-electron chi connectivity index (χ4n) is 1.37. The lowest BCUT2D eigenvalue weighted by atomic mass is 10.2. The lowest BCUT2D eigenvalue weighted by molar-refractivity contribution is 0.275. The standard InChI is InChI=1S/C11H14N2O3S/c1-13(7-4-8-14)17(15,16)11-6-3-2-5-10(11)9-12/h2-3,5-6,14H,4,7-8H2,1H3. The second-order valence-electron chi connectivity index (χ2n) is 3.51. The highest BCUT2D eigenvalue weighted by Gasteiger charge is 2.23. The van der Waals surface area contributed by atoms with E-state index >= 15 is 0 Å². The van der Waals surface area contributed by atoms with Crippen LogP contribution >= 0.6 is 0 Å². The molecule has 0 bridgehead atoms. The molecule has 1 rings (SSSR count). The Morgan fingerprint density at radius 2 is 2.06 bits per heavy atom. The van der Waals surface area contributed by atoms with E-state index in [0.29, 0.717) is 6.42 Å². The minimum Gasteiger partial charge on any atom is -0.396 e. The van der Waals surface area contributed by atoms with Crippen LogP contribution in [0.25, 0.3) is 0 Å². The van der Waals surface area contributed by atoms with Gasteiger partial charge >= 0.3 is 0 Å². The van der Waals surface area contributed by atoms with Crippen molar-refractivity contribution in [3.05, 3.63) is 29.8 Å². The van der Waals surface area contributed by atoms with Gasteiger partial charge in [-0.3, -0.25) is 0 Å². The van der Waals surface area contributed by atoms with Gasteiger partial charge in [0.25, 0.3) is 0 Å². The van der Waals surface area contributed by atoms with Crippen LogP contribution in [0.4, 0.5) is 0 Å². The van der Waals surface area contributed by atoms with Gasteiger partial charge in [-0.2, -0.15) is 5.26 Å². The van der Waals surface area contributed by atoms with Crippen LogP contribution in [0.1, 0.15) is 12.0 Å². The maximum atomic E-state index is 12.1. The number of nitrogens with zero attached hydrogens (tertiary/aromatic N) is 2. The summed E-state index contributed by atoms with van der Waals surface area (Å²) in [5, 5.41) is 17.5. The Balaban J connectivity index is 3.10. The summed E-state index contributed by atoms with van der Waals surface area (Å²) in [6.07, 6.45) is 0.366. The van der Waals surface area contributed by atoms with Crippen LogP contribution in [0.15, 0.2) is 29.2 Å². The SMILES string of the molecule is CN(CCCO)S(=O)(=O)c1ccccc1C#N. The molecule has 1 aromatic rings. The van der Waals surface area contributed by atoms with Crippen molar-refractivity contribution >= 4 is 10.0 Å². The summed E-state index contributed by atoms with van der Waals surface area (Å²) in [5.41, 5.74) is 0.128. The average molecular weight is 254 g/mol. The van der Waals surface area contributed by atoms with Crippen molar-refractivity contribution in [2.75, 3.05) is 20.2 Å². The van der Waals surface area contributed by atoms with Crippen LogP contribution in [0.5, 0.6) is 0 Å². The summed E-state index contributed by atoms with van der Waals surface area (Å²) in [6, 6.07) is 7.92. The molecule has 17 heavy (non-hydrogen) atoms. The summed E-state index contributed by atoms with van der Waals surface area (Å²) in [6.45, 7) is 0.151. The third kappa shape index (κ3) is 3.03. The van der Waals surface area contributed by atoms with Gasteiger partial charge in [0.1, 0.15) is 6.07 Å². The average Bonchev–Trinajstić information content (AvgIpc) is 2.35. The highest BCUT2D eigenvalue weighted by Crippen LogP contribution is 2.18. The lowest BCUT2D eigenvalue weighted by Gasteiger charge is -2.17. The molecule has 0 unspecified atom stereocenters. The van der Waals surface area contributed by atoms with Crippen molar-refractivity contribution in [1.82, 2.24) is 4.31 Å². The maximum absolute atomic E-state index is 12.1. The van der Waals surface area contributed by atoms with Crippen molar-refractivity contribution < 1.29 is 13.5 Å². The number of aliphatic hydroxyl groups is 1. The fourth-order valence-corrected chi connectivity index (χ4v) is 2.71. The van der Waals surface area contributed by atoms with Gasteiger partial charge in [0, 0.05) is 20.2 Å². The predicted octanol–water partition coefficient (Wildman–Crippen LogP) is 0.561. The highest BCUT2D eigenvalue weighted by molar-refractivity contribution is 7.89. The van der Waals surface area contributed by atoms with Gasteiger partial charge in [-0.05, 0) is 18.6 Å². The quantitative estimate of drug-likeness (QED) is 0.832. The Kier molecular flexibility index (Phi) is 4.63. The lowest BCUT2D eigenvalue weighted by Crippen LogP contribution is -2.29. The summed E-state index contributed by atoms with van der Waals surface area (Å²) in [5.74, 6) is 0. The van der Waals surface area contributed by atoms with E-state index in [0.717, 1.165) is 4.31 Å². The molecule has 0 saturated carbocycles. The third-order valence-corrected chi connectivity index (χ3v) is 4.24. The Morgan fingerprint density at radius 1 is 1.41 bits per heavy atom. The zero-order valence-corrected chi connectivity index (χ0v) is 10.3. The van der Waals surface area contributed by atoms with E-state index in [-0.39, 0.29) is 23.6 Å². The van der Waals surface area contributed by atoms with Crippen LogP contribution < -0.4 is 0 Å². The van der Waals surface area contributed by atoms with Crippen LogP contribution in [0.2, 0.25) is 0 Å². The third-order valence-electron chi connectivity index (χ3n) is 2.33. The van der Waals surface area contributed by atoms with E-state index in [4.69, 9.17) is 10.4 Å². The van der Waals surface area contributed by atoms with E-state index in [9.17, 15) is 8.42 Å². The number of benzene rings is 1. The summed E-state index contributed by atoms with van der Waals surface area (Å²) < 4.78 is 25.4. The first-order valence-corrected chi connectivity index (χ1v) is 6.54. The second-order valence-corrected chi connectivity index (χ2v) is 5.53. The minimum absolute atomic E-state index is 0.00272. The molecule has 0 amide bonds. The fraction of sp³-hybridized carbons (Fsp3) is 0.364. The van der Waals surface area contributed by atoms with Crippen LogP contribution in [-0.4, -0.2) is 38.0 Å². The largest absolute Gasteiger partial charge is 0.396 e. The first-order valence-electron chi connectivity index (χ1n) is 5.10. The number of nitriles is 1. The van der Waals surface area contributed by atoms with E-state index < -0.39 is 10.0 Å². The first-order chi connectivity index (χ1) is 8.04. The van der Waals surface area contributed by atoms with Crippen LogP contribution in [0.3, 0.4) is 0 Å². The minimum atomic E-state index is -3.65. The summed E-state index contributed by atoms with van der Waals surface area (Å²) >= 11 is 0. The van der Waals surface area contributed by atoms with Gasteiger partial charge in [-0.25, -0.2) is 12.7 Å². The maximum Gasteiger partial charge on any atom is 0.244 e. The van der Waals surface area contributed by atoms with Crippen molar-refractivity contribution in [1.29, 1.82) is 5.26 Å². The van der Waals surface area contributed by atoms with E-state index in [1.54, 1.807) is 12.1 Å². The molecule has 0 spiro atoms. The number of sulfonamides is 1. The molecule has 5 nitrogen and oxygen atoms in total. The number of aliphatic hydroxyl groups excluding tert-OH is 1. The topological polar surface area (TPSA) is 81.4 Å². The highest BCUT2D eigenvalue weighted by atomic mass is 32.2. The molecule has 1 N–H and O–H groups in total. The Morgan fingerprint density at radius 3 is 2.65 bits per heavy atom. The van der Waals surface area contributed by atoms with Gasteiger partial charge in [-0.15, -0.1) is 0 Å². The molecule has 1 aromatic carbocycles. The first kappa shape index (κ1) is 13.6. The Hall–Kier alpha value is -1.42. The van der Waals surface area contributed by atoms with E-state index in [1.165, 1.54) is 19.2 Å². The summed E-state index contributed by atoms with van der Waals surface area (Å²) in [4.78, 5) is 0.00272. The molecule has 0 atom stereocenters. The van der Waals surface area contributed by atoms with Gasteiger partial charge in [-0.1, -0.05) is 12.1 Å². The smallest absolute Gasteiger partial charge is 0.244 e. The zero-order valence-electron chi connectivity index (χ0n) is 9.50. The summed E-state index contributed by atoms with van der Waals surface area (Å²) in [7, 11) is -2.22. The molecular weight excluding hydrogens is 240 g/mol. The number of hydrogen-bond donors (Lipinski definition) is 1. The van der Waals surface area contributed by atoms with Gasteiger partial charge in [0.15, 0.2) is 0 Å². The van der Waals surface area contributed by atoms with Crippen LogP contribution in [0, 0.1) is 11.3 Å². The number of hydrogen-bond acceptors (Lipinski definition) is 4. The molecule has 0 saturated heterocycles. The van der Waals surface area contributed by atoms with Crippen molar-refractivity contribution in [2.45, 2.75) is 11.3 Å². The van der Waals surface area contributed by atoms with Crippen molar-refractivity contribution in [2.24, 2.45) is 0 Å². The van der Waals surface area contributed by atoms with Crippen molar-refractivity contribution in [3.63, 3.8) is 0 Å². The molecule has 0 heterocycles. The predicted molar refractivity (Wildman–Crippen MR) is 62.7 cm³/mol. The van der Waals surface area contributed by atoms with E-state index in [2.05, 4.69) is 0 Å². The molecule has 0 radical (unpaired) electrons. The molecular formula is C11H14N2O3S. The molecule has 0 fully saturated rings. The van der Waals surface area contributed by atoms with Gasteiger partial charge < -0.3 is 5.11 Å². The number of rotatable bonds is 5. The molecule has 0 aliphatic carbocycles. The normalized spacial score (nSPS) is 11.4. The Bertz CT molecular complexity index is 520. The molecule has 0 aliphatic rings. The van der Waals surface area contributed by atoms with Crippen LogP contribution in [-0.2, 0) is 10.0 Å². The molecule has 6 heteroatoms.